The van der Waals surface area contributed by atoms with Gasteiger partial charge in [-0.25, -0.2) is 9.78 Å². The Morgan fingerprint density at radius 2 is 1.90 bits per heavy atom. The Kier molecular flexibility index (Phi) is 5.31. The van der Waals surface area contributed by atoms with Crippen molar-refractivity contribution in [3.63, 3.8) is 0 Å². The number of benzene rings is 1. The molecule has 0 saturated heterocycles. The van der Waals surface area contributed by atoms with Gasteiger partial charge >= 0.3 is 5.63 Å². The zero-order valence-corrected chi connectivity index (χ0v) is 18.5. The number of thioether (sulfide) groups is 1. The molecule has 3 heterocycles. The average molecular weight is 428 g/mol. The van der Waals surface area contributed by atoms with Gasteiger partial charge in [0.15, 0.2) is 0 Å². The lowest BCUT2D eigenvalue weighted by Gasteiger charge is -2.12. The predicted octanol–water partition coefficient (Wildman–Crippen LogP) is 5.64. The smallest absolute Gasteiger partial charge is 0.336 e. The van der Waals surface area contributed by atoms with Crippen LogP contribution in [0.15, 0.2) is 37.1 Å². The first-order chi connectivity index (χ1) is 13.8. The van der Waals surface area contributed by atoms with E-state index in [1.165, 1.54) is 28.7 Å². The van der Waals surface area contributed by atoms with Gasteiger partial charge in [0.2, 0.25) is 0 Å². The minimum Gasteiger partial charge on any atom is -0.423 e. The second-order valence-corrected chi connectivity index (χ2v) is 9.39. The third kappa shape index (κ3) is 4.00. The van der Waals surface area contributed by atoms with Gasteiger partial charge in [0.05, 0.1) is 10.7 Å². The van der Waals surface area contributed by atoms with E-state index in [2.05, 4.69) is 35.1 Å². The Balaban J connectivity index is 1.64. The second kappa shape index (κ2) is 7.76. The Morgan fingerprint density at radius 3 is 2.59 bits per heavy atom. The number of rotatable bonds is 5. The first-order valence-electron chi connectivity index (χ1n) is 9.30. The molecule has 150 valence electrons. The van der Waals surface area contributed by atoms with Gasteiger partial charge in [-0.2, -0.15) is 0 Å². The summed E-state index contributed by atoms with van der Waals surface area (Å²) in [5, 5.41) is 10.7. The van der Waals surface area contributed by atoms with Gasteiger partial charge in [-0.1, -0.05) is 25.6 Å². The summed E-state index contributed by atoms with van der Waals surface area (Å²) in [4.78, 5) is 17.3. The number of aromatic nitrogens is 3. The molecule has 0 aliphatic carbocycles. The Hall–Kier alpha value is -2.45. The van der Waals surface area contributed by atoms with E-state index in [1.54, 1.807) is 6.07 Å². The topological polar surface area (TPSA) is 82.0 Å². The van der Waals surface area contributed by atoms with Gasteiger partial charge in [-0.05, 0) is 55.5 Å². The van der Waals surface area contributed by atoms with Crippen molar-refractivity contribution in [3.05, 3.63) is 56.0 Å². The van der Waals surface area contributed by atoms with E-state index in [0.29, 0.717) is 28.4 Å². The van der Waals surface area contributed by atoms with Crippen LogP contribution >= 0.6 is 23.1 Å². The van der Waals surface area contributed by atoms with Gasteiger partial charge < -0.3 is 8.83 Å². The molecule has 4 rings (SSSR count). The Labute approximate surface area is 176 Å². The summed E-state index contributed by atoms with van der Waals surface area (Å²) in [5.74, 6) is 1.40. The maximum Gasteiger partial charge on any atom is 0.336 e. The van der Waals surface area contributed by atoms with Crippen LogP contribution in [0.25, 0.3) is 21.7 Å². The van der Waals surface area contributed by atoms with Crippen LogP contribution in [0, 0.1) is 20.8 Å². The van der Waals surface area contributed by atoms with E-state index in [-0.39, 0.29) is 5.63 Å². The van der Waals surface area contributed by atoms with Crippen LogP contribution in [0.4, 0.5) is 0 Å². The molecule has 0 saturated carbocycles. The van der Waals surface area contributed by atoms with E-state index in [1.807, 2.05) is 26.8 Å². The van der Waals surface area contributed by atoms with Gasteiger partial charge in [0.1, 0.15) is 10.5 Å². The quantitative estimate of drug-likeness (QED) is 0.301. The van der Waals surface area contributed by atoms with Crippen LogP contribution in [0.2, 0.25) is 0 Å². The van der Waals surface area contributed by atoms with Crippen LogP contribution in [0.1, 0.15) is 47.2 Å². The normalized spacial score (nSPS) is 11.7. The highest BCUT2D eigenvalue weighted by Crippen LogP contribution is 2.33. The van der Waals surface area contributed by atoms with Gasteiger partial charge in [0.25, 0.3) is 11.1 Å². The molecule has 1 aromatic carbocycles. The molecular formula is C21H21N3O3S2. The van der Waals surface area contributed by atoms with Crippen molar-refractivity contribution >= 4 is 34.1 Å². The molecule has 0 amide bonds. The molecule has 0 fully saturated rings. The highest BCUT2D eigenvalue weighted by atomic mass is 32.2. The summed E-state index contributed by atoms with van der Waals surface area (Å²) >= 11 is 2.94. The number of hydrogen-bond donors (Lipinski definition) is 0. The molecule has 29 heavy (non-hydrogen) atoms. The molecular weight excluding hydrogens is 406 g/mol. The molecule has 0 bridgehead atoms. The summed E-state index contributed by atoms with van der Waals surface area (Å²) in [6, 6.07) is 5.61. The lowest BCUT2D eigenvalue weighted by atomic mass is 9.95. The number of fused-ring (bicyclic) bond motifs is 1. The first-order valence-corrected chi connectivity index (χ1v) is 11.1. The van der Waals surface area contributed by atoms with Crippen molar-refractivity contribution in [1.29, 1.82) is 0 Å². The average Bonchev–Trinajstić information content (AvgIpc) is 3.24. The summed E-state index contributed by atoms with van der Waals surface area (Å²) < 4.78 is 11.2. The molecule has 3 aromatic heterocycles. The maximum absolute atomic E-state index is 12.0. The lowest BCUT2D eigenvalue weighted by Crippen LogP contribution is -2.02. The Morgan fingerprint density at radius 1 is 1.10 bits per heavy atom. The number of thiazole rings is 1. The van der Waals surface area contributed by atoms with Crippen molar-refractivity contribution in [2.45, 2.75) is 51.5 Å². The van der Waals surface area contributed by atoms with Crippen molar-refractivity contribution in [3.8, 4) is 10.8 Å². The third-order valence-corrected chi connectivity index (χ3v) is 6.62. The van der Waals surface area contributed by atoms with Crippen molar-refractivity contribution in [2.24, 2.45) is 0 Å². The number of nitrogens with zero attached hydrogens (tertiary/aromatic N) is 3. The van der Waals surface area contributed by atoms with Gasteiger partial charge in [0, 0.05) is 17.2 Å². The standard InChI is InChI=1S/C21H21N3O3S2/c1-10(2)15-8-16-14(7-18(25)26-17(16)6-11(15)3)9-28-21-24-23-20(27-21)19-12(4)22-13(5)29-19/h6-8,10H,9H2,1-5H3. The molecule has 0 N–H and O–H groups in total. The largest absolute Gasteiger partial charge is 0.423 e. The summed E-state index contributed by atoms with van der Waals surface area (Å²) in [5.41, 5.74) is 4.40. The monoisotopic (exact) mass is 427 g/mol. The lowest BCUT2D eigenvalue weighted by molar-refractivity contribution is 0.466. The minimum absolute atomic E-state index is 0.355. The van der Waals surface area contributed by atoms with Crippen LogP contribution in [-0.2, 0) is 5.75 Å². The molecule has 4 aromatic rings. The minimum atomic E-state index is -0.355. The summed E-state index contributed by atoms with van der Waals surface area (Å²) in [6.45, 7) is 10.2. The Bertz CT molecular complexity index is 1250. The van der Waals surface area contributed by atoms with Crippen LogP contribution < -0.4 is 5.63 Å². The third-order valence-electron chi connectivity index (χ3n) is 4.69. The van der Waals surface area contributed by atoms with Crippen LogP contribution in [0.5, 0.6) is 0 Å². The van der Waals surface area contributed by atoms with Crippen molar-refractivity contribution in [2.75, 3.05) is 0 Å². The summed E-state index contributed by atoms with van der Waals surface area (Å²) in [7, 11) is 0. The van der Waals surface area contributed by atoms with Crippen LogP contribution in [-0.4, -0.2) is 15.2 Å². The summed E-state index contributed by atoms with van der Waals surface area (Å²) in [6.07, 6.45) is 0. The fraction of sp³-hybridized carbons (Fsp3) is 0.333. The van der Waals surface area contributed by atoms with E-state index in [0.717, 1.165) is 32.1 Å². The molecule has 8 heteroatoms. The first kappa shape index (κ1) is 19.8. The van der Waals surface area contributed by atoms with Crippen LogP contribution in [0.3, 0.4) is 0 Å². The van der Waals surface area contributed by atoms with Gasteiger partial charge in [-0.3, -0.25) is 0 Å². The molecule has 0 spiro atoms. The van der Waals surface area contributed by atoms with E-state index in [9.17, 15) is 4.79 Å². The molecule has 0 aliphatic heterocycles. The SMILES string of the molecule is Cc1nc(C)c(-c2nnc(SCc3cc(=O)oc4cc(C)c(C(C)C)cc34)o2)s1. The second-order valence-electron chi connectivity index (χ2n) is 7.26. The highest BCUT2D eigenvalue weighted by Gasteiger charge is 2.16. The fourth-order valence-corrected chi connectivity index (χ4v) is 4.96. The fourth-order valence-electron chi connectivity index (χ4n) is 3.36. The number of aryl methyl sites for hydroxylation is 3. The number of hydrogen-bond acceptors (Lipinski definition) is 8. The van der Waals surface area contributed by atoms with Gasteiger partial charge in [-0.15, -0.1) is 21.5 Å². The molecule has 0 atom stereocenters. The van der Waals surface area contributed by atoms with E-state index in [4.69, 9.17) is 8.83 Å². The maximum atomic E-state index is 12.0. The van der Waals surface area contributed by atoms with E-state index < -0.39 is 0 Å². The van der Waals surface area contributed by atoms with Crippen molar-refractivity contribution < 1.29 is 8.83 Å². The van der Waals surface area contributed by atoms with E-state index >= 15 is 0 Å². The predicted molar refractivity (Wildman–Crippen MR) is 116 cm³/mol. The zero-order chi connectivity index (χ0) is 20.7. The molecule has 0 unspecified atom stereocenters. The molecule has 0 aliphatic rings. The van der Waals surface area contributed by atoms with Crippen molar-refractivity contribution in [1.82, 2.24) is 15.2 Å². The zero-order valence-electron chi connectivity index (χ0n) is 16.9. The molecule has 0 radical (unpaired) electrons. The molecule has 6 nitrogen and oxygen atoms in total. The highest BCUT2D eigenvalue weighted by molar-refractivity contribution is 7.98.